The van der Waals surface area contributed by atoms with E-state index in [2.05, 4.69) is 15.5 Å². The highest BCUT2D eigenvalue weighted by Gasteiger charge is 2.29. The van der Waals surface area contributed by atoms with Crippen molar-refractivity contribution in [2.24, 2.45) is 7.05 Å². The van der Waals surface area contributed by atoms with E-state index in [1.165, 1.54) is 4.68 Å². The highest BCUT2D eigenvalue weighted by molar-refractivity contribution is 7.91. The Labute approximate surface area is 112 Å². The van der Waals surface area contributed by atoms with Crippen molar-refractivity contribution < 1.29 is 8.42 Å². The molecule has 0 saturated heterocycles. The van der Waals surface area contributed by atoms with Crippen molar-refractivity contribution in [3.05, 3.63) is 35.2 Å². The molecule has 0 aliphatic carbocycles. The minimum atomic E-state index is -3.49. The highest BCUT2D eigenvalue weighted by Crippen LogP contribution is 2.27. The number of hydrogen-bond donors (Lipinski definition) is 0. The van der Waals surface area contributed by atoms with Crippen LogP contribution in [-0.4, -0.2) is 28.6 Å². The van der Waals surface area contributed by atoms with Gasteiger partial charge in [-0.15, -0.1) is 5.10 Å². The molecule has 6 nitrogen and oxygen atoms in total. The predicted octanol–water partition coefficient (Wildman–Crippen LogP) is 1.36. The van der Waals surface area contributed by atoms with Gasteiger partial charge in [-0.1, -0.05) is 6.07 Å². The molecule has 0 aliphatic heterocycles. The van der Waals surface area contributed by atoms with Crippen LogP contribution in [0.4, 0.5) is 0 Å². The van der Waals surface area contributed by atoms with Crippen LogP contribution in [-0.2, 0) is 16.9 Å². The lowest BCUT2D eigenvalue weighted by atomic mass is 10.1. The molecule has 1 heterocycles. The zero-order valence-corrected chi connectivity index (χ0v) is 12.1. The van der Waals surface area contributed by atoms with Crippen LogP contribution in [0.2, 0.25) is 0 Å². The molecule has 1 aromatic carbocycles. The number of tetrazole rings is 1. The monoisotopic (exact) mass is 280 g/mol. The molecule has 0 aliphatic rings. The van der Waals surface area contributed by atoms with Crippen molar-refractivity contribution in [3.63, 3.8) is 0 Å². The van der Waals surface area contributed by atoms with Gasteiger partial charge < -0.3 is 0 Å². The van der Waals surface area contributed by atoms with Crippen LogP contribution >= 0.6 is 0 Å². The number of aromatic nitrogens is 4. The van der Waals surface area contributed by atoms with Crippen LogP contribution in [0, 0.1) is 13.8 Å². The third-order valence-corrected chi connectivity index (χ3v) is 5.34. The van der Waals surface area contributed by atoms with Crippen LogP contribution in [0.3, 0.4) is 0 Å². The maximum atomic E-state index is 12.5. The maximum absolute atomic E-state index is 12.5. The lowest BCUT2D eigenvalue weighted by Gasteiger charge is -2.12. The summed E-state index contributed by atoms with van der Waals surface area (Å²) in [4.78, 5) is 0.297. The number of aryl methyl sites for hydroxylation is 3. The molecule has 1 aromatic heterocycles. The van der Waals surface area contributed by atoms with Crippen LogP contribution in [0.25, 0.3) is 0 Å². The molecule has 0 fully saturated rings. The van der Waals surface area contributed by atoms with E-state index in [0.29, 0.717) is 10.7 Å². The summed E-state index contributed by atoms with van der Waals surface area (Å²) < 4.78 is 26.5. The minimum Gasteiger partial charge on any atom is -0.231 e. The molecule has 0 spiro atoms. The van der Waals surface area contributed by atoms with Crippen molar-refractivity contribution in [2.75, 3.05) is 0 Å². The van der Waals surface area contributed by atoms with E-state index in [-0.39, 0.29) is 0 Å². The van der Waals surface area contributed by atoms with Crippen molar-refractivity contribution in [1.82, 2.24) is 20.2 Å². The Kier molecular flexibility index (Phi) is 3.40. The van der Waals surface area contributed by atoms with Gasteiger partial charge in [0, 0.05) is 7.05 Å². The molecule has 0 N–H and O–H groups in total. The topological polar surface area (TPSA) is 77.7 Å². The number of sulfone groups is 1. The third kappa shape index (κ3) is 2.37. The Morgan fingerprint density at radius 1 is 1.21 bits per heavy atom. The van der Waals surface area contributed by atoms with E-state index in [1.807, 2.05) is 19.9 Å². The van der Waals surface area contributed by atoms with Gasteiger partial charge in [0.1, 0.15) is 5.25 Å². The highest BCUT2D eigenvalue weighted by atomic mass is 32.2. The quantitative estimate of drug-likeness (QED) is 0.848. The molecule has 1 unspecified atom stereocenters. The molecule has 0 radical (unpaired) electrons. The fraction of sp³-hybridized carbons (Fsp3) is 0.417. The van der Waals surface area contributed by atoms with E-state index in [4.69, 9.17) is 0 Å². The Morgan fingerprint density at radius 2 is 1.89 bits per heavy atom. The predicted molar refractivity (Wildman–Crippen MR) is 70.3 cm³/mol. The summed E-state index contributed by atoms with van der Waals surface area (Å²) in [5, 5.41) is 10.1. The molecule has 19 heavy (non-hydrogen) atoms. The molecule has 1 atom stereocenters. The normalized spacial score (nSPS) is 13.5. The first kappa shape index (κ1) is 13.7. The summed E-state index contributed by atoms with van der Waals surface area (Å²) in [5.41, 5.74) is 2.01. The number of nitrogens with zero attached hydrogens (tertiary/aromatic N) is 4. The number of rotatable bonds is 3. The van der Waals surface area contributed by atoms with Gasteiger partial charge in [-0.05, 0) is 54.5 Å². The first-order valence-corrected chi connectivity index (χ1v) is 7.42. The molecular weight excluding hydrogens is 264 g/mol. The zero-order valence-electron chi connectivity index (χ0n) is 11.3. The maximum Gasteiger partial charge on any atom is 0.188 e. The SMILES string of the molecule is Cc1ccc(S(=O)(=O)C(C)c2nnnn2C)cc1C. The van der Waals surface area contributed by atoms with E-state index in [9.17, 15) is 8.42 Å². The minimum absolute atomic E-state index is 0.297. The summed E-state index contributed by atoms with van der Waals surface area (Å²) in [6, 6.07) is 5.12. The second kappa shape index (κ2) is 4.73. The first-order valence-electron chi connectivity index (χ1n) is 5.87. The van der Waals surface area contributed by atoms with Gasteiger partial charge in [0.05, 0.1) is 4.90 Å². The average Bonchev–Trinajstić information content (AvgIpc) is 2.77. The second-order valence-corrected chi connectivity index (χ2v) is 6.86. The molecule has 0 saturated carbocycles. The molecule has 0 amide bonds. The Hall–Kier alpha value is -1.76. The lowest BCUT2D eigenvalue weighted by molar-refractivity contribution is 0.576. The van der Waals surface area contributed by atoms with Gasteiger partial charge in [-0.25, -0.2) is 13.1 Å². The van der Waals surface area contributed by atoms with Crippen molar-refractivity contribution in [3.8, 4) is 0 Å². The Morgan fingerprint density at radius 3 is 2.42 bits per heavy atom. The molecular formula is C12H16N4O2S. The van der Waals surface area contributed by atoms with Gasteiger partial charge in [-0.2, -0.15) is 0 Å². The Bertz CT molecular complexity index is 706. The van der Waals surface area contributed by atoms with Crippen molar-refractivity contribution in [2.45, 2.75) is 30.9 Å². The fourth-order valence-electron chi connectivity index (χ4n) is 1.81. The standard InChI is InChI=1S/C12H16N4O2S/c1-8-5-6-11(7-9(8)2)19(17,18)10(3)12-13-14-15-16(12)4/h5-7,10H,1-4H3. The molecule has 2 aromatic rings. The smallest absolute Gasteiger partial charge is 0.188 e. The van der Waals surface area contributed by atoms with Crippen molar-refractivity contribution >= 4 is 9.84 Å². The number of benzene rings is 1. The summed E-state index contributed by atoms with van der Waals surface area (Å²) in [5.74, 6) is 0.332. The van der Waals surface area contributed by atoms with Gasteiger partial charge in [0.2, 0.25) is 0 Å². The second-order valence-electron chi connectivity index (χ2n) is 4.59. The fourth-order valence-corrected chi connectivity index (χ4v) is 3.30. The lowest BCUT2D eigenvalue weighted by Crippen LogP contribution is -2.15. The van der Waals surface area contributed by atoms with Gasteiger partial charge in [-0.3, -0.25) is 0 Å². The summed E-state index contributed by atoms with van der Waals surface area (Å²) in [7, 11) is -1.86. The van der Waals surface area contributed by atoms with Crippen LogP contribution < -0.4 is 0 Å². The van der Waals surface area contributed by atoms with E-state index >= 15 is 0 Å². The van der Waals surface area contributed by atoms with E-state index in [1.54, 1.807) is 26.1 Å². The van der Waals surface area contributed by atoms with Crippen LogP contribution in [0.15, 0.2) is 23.1 Å². The van der Waals surface area contributed by atoms with Crippen molar-refractivity contribution in [1.29, 1.82) is 0 Å². The summed E-state index contributed by atoms with van der Waals surface area (Å²) in [6.45, 7) is 5.43. The van der Waals surface area contributed by atoms with E-state index < -0.39 is 15.1 Å². The zero-order chi connectivity index (χ0) is 14.2. The Balaban J connectivity index is 2.48. The largest absolute Gasteiger partial charge is 0.231 e. The number of hydrogen-bond acceptors (Lipinski definition) is 5. The van der Waals surface area contributed by atoms with Crippen LogP contribution in [0.5, 0.6) is 0 Å². The molecule has 0 bridgehead atoms. The third-order valence-electron chi connectivity index (χ3n) is 3.29. The summed E-state index contributed by atoms with van der Waals surface area (Å²) in [6.07, 6.45) is 0. The van der Waals surface area contributed by atoms with Gasteiger partial charge >= 0.3 is 0 Å². The average molecular weight is 280 g/mol. The van der Waals surface area contributed by atoms with Gasteiger partial charge in [0.15, 0.2) is 15.7 Å². The van der Waals surface area contributed by atoms with Crippen LogP contribution in [0.1, 0.15) is 29.1 Å². The molecule has 7 heteroatoms. The summed E-state index contributed by atoms with van der Waals surface area (Å²) >= 11 is 0. The van der Waals surface area contributed by atoms with E-state index in [0.717, 1.165) is 11.1 Å². The molecule has 2 rings (SSSR count). The van der Waals surface area contributed by atoms with Gasteiger partial charge in [0.25, 0.3) is 0 Å². The first-order chi connectivity index (χ1) is 8.84. The molecule has 102 valence electrons.